The van der Waals surface area contributed by atoms with Crippen molar-refractivity contribution in [1.29, 1.82) is 0 Å². The molecular formula is C17H23NO2S. The van der Waals surface area contributed by atoms with E-state index in [1.807, 2.05) is 12.1 Å². The second-order valence-electron chi connectivity index (χ2n) is 5.20. The van der Waals surface area contributed by atoms with Gasteiger partial charge in [-0.15, -0.1) is 11.3 Å². The molecule has 4 heteroatoms. The molecule has 0 amide bonds. The largest absolute Gasteiger partial charge is 0.493 e. The third-order valence-electron chi connectivity index (χ3n) is 3.13. The van der Waals surface area contributed by atoms with Crippen LogP contribution in [0.2, 0.25) is 0 Å². The van der Waals surface area contributed by atoms with Crippen LogP contribution in [0.15, 0.2) is 35.7 Å². The van der Waals surface area contributed by atoms with Crippen LogP contribution in [0.25, 0.3) is 0 Å². The van der Waals surface area contributed by atoms with Gasteiger partial charge in [0.2, 0.25) is 0 Å². The third-order valence-corrected chi connectivity index (χ3v) is 4.06. The van der Waals surface area contributed by atoms with Gasteiger partial charge in [-0.05, 0) is 29.1 Å². The summed E-state index contributed by atoms with van der Waals surface area (Å²) in [6.45, 7) is 5.78. The van der Waals surface area contributed by atoms with Gasteiger partial charge in [-0.2, -0.15) is 0 Å². The standard InChI is InChI=1S/C17H23NO2S/c1-13(2)18-12-14-6-7-16(17(11-14)19-3)20-9-8-15-5-4-10-21-15/h4-7,10-11,13,18H,8-9,12H2,1-3H3. The van der Waals surface area contributed by atoms with Crippen LogP contribution >= 0.6 is 11.3 Å². The van der Waals surface area contributed by atoms with E-state index in [9.17, 15) is 0 Å². The maximum absolute atomic E-state index is 5.84. The van der Waals surface area contributed by atoms with Crippen LogP contribution in [0.4, 0.5) is 0 Å². The Hall–Kier alpha value is -1.52. The van der Waals surface area contributed by atoms with E-state index < -0.39 is 0 Å². The van der Waals surface area contributed by atoms with E-state index in [2.05, 4.69) is 42.7 Å². The molecule has 0 saturated heterocycles. The minimum atomic E-state index is 0.470. The highest BCUT2D eigenvalue weighted by molar-refractivity contribution is 7.09. The van der Waals surface area contributed by atoms with E-state index in [0.29, 0.717) is 12.6 Å². The minimum absolute atomic E-state index is 0.470. The van der Waals surface area contributed by atoms with Crippen molar-refractivity contribution < 1.29 is 9.47 Å². The lowest BCUT2D eigenvalue weighted by Crippen LogP contribution is -2.21. The topological polar surface area (TPSA) is 30.5 Å². The van der Waals surface area contributed by atoms with E-state index >= 15 is 0 Å². The van der Waals surface area contributed by atoms with Crippen molar-refractivity contribution in [1.82, 2.24) is 5.32 Å². The first-order valence-electron chi connectivity index (χ1n) is 7.24. The molecule has 114 valence electrons. The van der Waals surface area contributed by atoms with Gasteiger partial charge in [0.15, 0.2) is 11.5 Å². The monoisotopic (exact) mass is 305 g/mol. The maximum Gasteiger partial charge on any atom is 0.161 e. The van der Waals surface area contributed by atoms with Crippen molar-refractivity contribution in [3.63, 3.8) is 0 Å². The summed E-state index contributed by atoms with van der Waals surface area (Å²) in [6.07, 6.45) is 0.928. The number of rotatable bonds is 8. The first-order chi connectivity index (χ1) is 10.2. The number of hydrogen-bond acceptors (Lipinski definition) is 4. The maximum atomic E-state index is 5.84. The number of thiophene rings is 1. The first kappa shape index (κ1) is 15.9. The van der Waals surface area contributed by atoms with E-state index in [0.717, 1.165) is 24.5 Å². The predicted octanol–water partition coefficient (Wildman–Crippen LogP) is 3.88. The Morgan fingerprint density at radius 3 is 2.71 bits per heavy atom. The van der Waals surface area contributed by atoms with Gasteiger partial charge in [0.25, 0.3) is 0 Å². The molecule has 1 N–H and O–H groups in total. The average Bonchev–Trinajstić information content (AvgIpc) is 2.99. The van der Waals surface area contributed by atoms with Crippen LogP contribution in [0.5, 0.6) is 11.5 Å². The molecule has 21 heavy (non-hydrogen) atoms. The Morgan fingerprint density at radius 2 is 2.05 bits per heavy atom. The molecule has 0 bridgehead atoms. The summed E-state index contributed by atoms with van der Waals surface area (Å²) in [7, 11) is 1.68. The average molecular weight is 305 g/mol. The van der Waals surface area contributed by atoms with Crippen LogP contribution in [0, 0.1) is 0 Å². The van der Waals surface area contributed by atoms with Gasteiger partial charge in [0.05, 0.1) is 13.7 Å². The molecule has 3 nitrogen and oxygen atoms in total. The number of ether oxygens (including phenoxy) is 2. The minimum Gasteiger partial charge on any atom is -0.493 e. The lowest BCUT2D eigenvalue weighted by molar-refractivity contribution is 0.298. The quantitative estimate of drug-likeness (QED) is 0.803. The molecule has 1 aromatic carbocycles. The Kier molecular flexibility index (Phi) is 6.08. The highest BCUT2D eigenvalue weighted by atomic mass is 32.1. The summed E-state index contributed by atoms with van der Waals surface area (Å²) in [4.78, 5) is 1.34. The van der Waals surface area contributed by atoms with Crippen molar-refractivity contribution in [3.05, 3.63) is 46.2 Å². The van der Waals surface area contributed by atoms with Gasteiger partial charge in [0.1, 0.15) is 0 Å². The van der Waals surface area contributed by atoms with Crippen LogP contribution in [0.3, 0.4) is 0 Å². The third kappa shape index (κ3) is 5.06. The zero-order valence-corrected chi connectivity index (χ0v) is 13.7. The van der Waals surface area contributed by atoms with Gasteiger partial charge in [-0.25, -0.2) is 0 Å². The van der Waals surface area contributed by atoms with Crippen molar-refractivity contribution >= 4 is 11.3 Å². The van der Waals surface area contributed by atoms with E-state index in [-0.39, 0.29) is 0 Å². The second kappa shape index (κ2) is 8.05. The van der Waals surface area contributed by atoms with Crippen molar-refractivity contribution in [2.24, 2.45) is 0 Å². The Bertz CT molecular complexity index is 538. The molecule has 0 saturated carbocycles. The molecule has 2 rings (SSSR count). The molecule has 0 aliphatic rings. The summed E-state index contributed by atoms with van der Waals surface area (Å²) in [5, 5.41) is 5.49. The molecule has 1 heterocycles. The van der Waals surface area contributed by atoms with Crippen LogP contribution in [0.1, 0.15) is 24.3 Å². The highest BCUT2D eigenvalue weighted by Crippen LogP contribution is 2.28. The number of hydrogen-bond donors (Lipinski definition) is 1. The van der Waals surface area contributed by atoms with E-state index in [1.54, 1.807) is 18.4 Å². The zero-order valence-electron chi connectivity index (χ0n) is 12.9. The summed E-state index contributed by atoms with van der Waals surface area (Å²) in [5.74, 6) is 1.60. The van der Waals surface area contributed by atoms with Crippen LogP contribution in [-0.4, -0.2) is 19.8 Å². The van der Waals surface area contributed by atoms with Gasteiger partial charge >= 0.3 is 0 Å². The molecule has 2 aromatic rings. The summed E-state index contributed by atoms with van der Waals surface area (Å²) in [5.41, 5.74) is 1.20. The molecular weight excluding hydrogens is 282 g/mol. The molecule has 0 radical (unpaired) electrons. The van der Waals surface area contributed by atoms with Gasteiger partial charge in [0, 0.05) is 23.9 Å². The SMILES string of the molecule is COc1cc(CNC(C)C)ccc1OCCc1cccs1. The van der Waals surface area contributed by atoms with Crippen LogP contribution in [-0.2, 0) is 13.0 Å². The van der Waals surface area contributed by atoms with Crippen molar-refractivity contribution in [3.8, 4) is 11.5 Å². The number of methoxy groups -OCH3 is 1. The Morgan fingerprint density at radius 1 is 1.19 bits per heavy atom. The summed E-state index contributed by atoms with van der Waals surface area (Å²) < 4.78 is 11.3. The first-order valence-corrected chi connectivity index (χ1v) is 8.12. The Balaban J connectivity index is 1.92. The smallest absolute Gasteiger partial charge is 0.161 e. The molecule has 0 aliphatic heterocycles. The zero-order chi connectivity index (χ0) is 15.1. The lowest BCUT2D eigenvalue weighted by atomic mass is 10.2. The molecule has 0 fully saturated rings. The second-order valence-corrected chi connectivity index (χ2v) is 6.23. The fourth-order valence-electron chi connectivity index (χ4n) is 1.98. The molecule has 1 aromatic heterocycles. The molecule has 0 spiro atoms. The van der Waals surface area contributed by atoms with Crippen molar-refractivity contribution in [2.75, 3.05) is 13.7 Å². The molecule has 0 unspecified atom stereocenters. The van der Waals surface area contributed by atoms with Gasteiger partial charge < -0.3 is 14.8 Å². The van der Waals surface area contributed by atoms with E-state index in [1.165, 1.54) is 10.4 Å². The molecule has 0 atom stereocenters. The van der Waals surface area contributed by atoms with E-state index in [4.69, 9.17) is 9.47 Å². The summed E-state index contributed by atoms with van der Waals surface area (Å²) in [6, 6.07) is 10.8. The van der Waals surface area contributed by atoms with Crippen molar-refractivity contribution in [2.45, 2.75) is 32.9 Å². The fraction of sp³-hybridized carbons (Fsp3) is 0.412. The number of nitrogens with one attached hydrogen (secondary N) is 1. The number of benzene rings is 1. The normalized spacial score (nSPS) is 10.9. The summed E-state index contributed by atoms with van der Waals surface area (Å²) >= 11 is 1.76. The molecule has 0 aliphatic carbocycles. The van der Waals surface area contributed by atoms with Gasteiger partial charge in [-0.1, -0.05) is 26.0 Å². The fourth-order valence-corrected chi connectivity index (χ4v) is 2.67. The highest BCUT2D eigenvalue weighted by Gasteiger charge is 2.06. The lowest BCUT2D eigenvalue weighted by Gasteiger charge is -2.13. The Labute approximate surface area is 130 Å². The van der Waals surface area contributed by atoms with Gasteiger partial charge in [-0.3, -0.25) is 0 Å². The predicted molar refractivity (Wildman–Crippen MR) is 88.5 cm³/mol. The van der Waals surface area contributed by atoms with Crippen LogP contribution < -0.4 is 14.8 Å².